The van der Waals surface area contributed by atoms with E-state index < -0.39 is 6.10 Å². The van der Waals surface area contributed by atoms with Crippen LogP contribution in [0.4, 0.5) is 5.69 Å². The number of aliphatic hydroxyl groups excluding tert-OH is 1. The molecule has 1 saturated carbocycles. The number of hydrogen-bond donors (Lipinski definition) is 1. The highest BCUT2D eigenvalue weighted by molar-refractivity contribution is 5.70. The summed E-state index contributed by atoms with van der Waals surface area (Å²) in [5.41, 5.74) is 4.61. The lowest BCUT2D eigenvalue weighted by Gasteiger charge is -2.43. The summed E-state index contributed by atoms with van der Waals surface area (Å²) in [6.07, 6.45) is 9.92. The molecule has 5 rings (SSSR count). The lowest BCUT2D eigenvalue weighted by molar-refractivity contribution is 0.0511. The maximum absolute atomic E-state index is 10.9. The van der Waals surface area contributed by atoms with Gasteiger partial charge in [-0.1, -0.05) is 60.8 Å². The lowest BCUT2D eigenvalue weighted by Crippen LogP contribution is -2.54. The van der Waals surface area contributed by atoms with Crippen LogP contribution in [0.15, 0.2) is 59.1 Å². The van der Waals surface area contributed by atoms with Gasteiger partial charge in [-0.2, -0.15) is 0 Å². The molecule has 1 aliphatic heterocycles. The Labute approximate surface area is 238 Å². The summed E-state index contributed by atoms with van der Waals surface area (Å²) in [5.74, 6) is 2.07. The molecule has 2 aliphatic rings. The van der Waals surface area contributed by atoms with Crippen molar-refractivity contribution in [2.24, 2.45) is 0 Å². The van der Waals surface area contributed by atoms with Crippen LogP contribution in [-0.2, 0) is 11.3 Å². The molecule has 40 heavy (non-hydrogen) atoms. The SMILES string of the molecule is COCc1cc(C=Cc2ccccc2OCC(O)CN2CCN(c3ccccc3C3CCCCC3)CC2C)on1. The van der Waals surface area contributed by atoms with E-state index in [1.54, 1.807) is 7.11 Å². The summed E-state index contributed by atoms with van der Waals surface area (Å²) in [4.78, 5) is 4.95. The molecule has 2 atom stereocenters. The Bertz CT molecular complexity index is 1240. The summed E-state index contributed by atoms with van der Waals surface area (Å²) in [7, 11) is 1.63. The first-order chi connectivity index (χ1) is 19.6. The highest BCUT2D eigenvalue weighted by Gasteiger charge is 2.28. The van der Waals surface area contributed by atoms with E-state index in [1.165, 1.54) is 43.4 Å². The van der Waals surface area contributed by atoms with Gasteiger partial charge in [-0.3, -0.25) is 4.90 Å². The number of aliphatic hydroxyl groups is 1. The molecular weight excluding hydrogens is 502 g/mol. The quantitative estimate of drug-likeness (QED) is 0.317. The van der Waals surface area contributed by atoms with E-state index in [2.05, 4.69) is 46.1 Å². The first-order valence-corrected chi connectivity index (χ1v) is 14.7. The summed E-state index contributed by atoms with van der Waals surface area (Å²) >= 11 is 0. The Hall–Kier alpha value is -3.13. The number of aromatic nitrogens is 1. The van der Waals surface area contributed by atoms with Crippen molar-refractivity contribution in [3.8, 4) is 5.75 Å². The Morgan fingerprint density at radius 2 is 1.85 bits per heavy atom. The Kier molecular flexibility index (Phi) is 9.92. The van der Waals surface area contributed by atoms with Gasteiger partial charge in [0.05, 0.1) is 6.61 Å². The molecule has 7 nitrogen and oxygen atoms in total. The van der Waals surface area contributed by atoms with Crippen molar-refractivity contribution in [2.45, 2.75) is 63.7 Å². The normalized spacial score (nSPS) is 19.8. The first kappa shape index (κ1) is 28.4. The van der Waals surface area contributed by atoms with Crippen LogP contribution in [0.5, 0.6) is 5.75 Å². The average molecular weight is 546 g/mol. The van der Waals surface area contributed by atoms with E-state index in [9.17, 15) is 5.11 Å². The van der Waals surface area contributed by atoms with Crippen LogP contribution in [-0.4, -0.2) is 67.2 Å². The fraction of sp³-hybridized carbons (Fsp3) is 0.485. The number of ether oxygens (including phenoxy) is 2. The lowest BCUT2D eigenvalue weighted by atomic mass is 9.83. The van der Waals surface area contributed by atoms with Gasteiger partial charge in [0.15, 0.2) is 5.76 Å². The zero-order valence-electron chi connectivity index (χ0n) is 23.9. The number of piperazine rings is 1. The standard InChI is InChI=1S/C33H43N3O4/c1-25-21-36(32-14-8-7-13-31(32)26-10-4-3-5-11-26)19-18-35(25)22-29(37)24-39-33-15-9-6-12-27(33)16-17-30-20-28(23-38-2)34-40-30/h6-9,12-17,20,25-26,29,37H,3-5,10-11,18-19,21-24H2,1-2H3. The molecular formula is C33H43N3O4. The largest absolute Gasteiger partial charge is 0.490 e. The van der Waals surface area contributed by atoms with Gasteiger partial charge in [-0.15, -0.1) is 0 Å². The smallest absolute Gasteiger partial charge is 0.160 e. The number of para-hydroxylation sites is 2. The van der Waals surface area contributed by atoms with Crippen molar-refractivity contribution >= 4 is 17.8 Å². The molecule has 2 aromatic carbocycles. The third-order valence-corrected chi connectivity index (χ3v) is 8.18. The van der Waals surface area contributed by atoms with Gasteiger partial charge >= 0.3 is 0 Å². The van der Waals surface area contributed by atoms with E-state index in [4.69, 9.17) is 14.0 Å². The number of β-amino-alcohol motifs (C(OH)–C–C–N with tert-alkyl or cyclic N) is 1. The average Bonchev–Trinajstić information content (AvgIpc) is 3.44. The van der Waals surface area contributed by atoms with Gasteiger partial charge in [0, 0.05) is 56.6 Å². The number of nitrogens with zero attached hydrogens (tertiary/aromatic N) is 3. The topological polar surface area (TPSA) is 71.2 Å². The highest BCUT2D eigenvalue weighted by atomic mass is 16.5. The van der Waals surface area contributed by atoms with Crippen LogP contribution in [0.2, 0.25) is 0 Å². The van der Waals surface area contributed by atoms with E-state index in [-0.39, 0.29) is 6.61 Å². The molecule has 0 spiro atoms. The second kappa shape index (κ2) is 14.0. The van der Waals surface area contributed by atoms with Crippen molar-refractivity contribution in [3.05, 3.63) is 77.2 Å². The van der Waals surface area contributed by atoms with Crippen LogP contribution in [0.3, 0.4) is 0 Å². The summed E-state index contributed by atoms with van der Waals surface area (Å²) < 4.78 is 16.5. The molecule has 1 saturated heterocycles. The molecule has 2 heterocycles. The maximum Gasteiger partial charge on any atom is 0.160 e. The molecule has 1 N–H and O–H groups in total. The van der Waals surface area contributed by atoms with E-state index in [1.807, 2.05) is 42.5 Å². The number of rotatable bonds is 11. The second-order valence-electron chi connectivity index (χ2n) is 11.2. The summed E-state index contributed by atoms with van der Waals surface area (Å²) in [6, 6.07) is 19.0. The van der Waals surface area contributed by atoms with Crippen LogP contribution < -0.4 is 9.64 Å². The van der Waals surface area contributed by atoms with Gasteiger partial charge in [-0.25, -0.2) is 0 Å². The minimum Gasteiger partial charge on any atom is -0.490 e. The monoisotopic (exact) mass is 545 g/mol. The molecule has 3 aromatic rings. The molecule has 2 fully saturated rings. The van der Waals surface area contributed by atoms with Gasteiger partial charge in [0.25, 0.3) is 0 Å². The number of hydrogen-bond acceptors (Lipinski definition) is 7. The Morgan fingerprint density at radius 1 is 1.05 bits per heavy atom. The molecule has 0 radical (unpaired) electrons. The zero-order valence-corrected chi connectivity index (χ0v) is 23.9. The Morgan fingerprint density at radius 3 is 2.67 bits per heavy atom. The van der Waals surface area contributed by atoms with E-state index in [0.717, 1.165) is 36.6 Å². The van der Waals surface area contributed by atoms with Gasteiger partial charge in [-0.05, 0) is 55.5 Å². The predicted molar refractivity (Wildman–Crippen MR) is 160 cm³/mol. The Balaban J connectivity index is 1.13. The van der Waals surface area contributed by atoms with Crippen LogP contribution in [0, 0.1) is 0 Å². The summed E-state index contributed by atoms with van der Waals surface area (Å²) in [5, 5.41) is 14.9. The van der Waals surface area contributed by atoms with E-state index >= 15 is 0 Å². The molecule has 0 amide bonds. The molecule has 7 heteroatoms. The van der Waals surface area contributed by atoms with Crippen molar-refractivity contribution in [3.63, 3.8) is 0 Å². The van der Waals surface area contributed by atoms with E-state index in [0.29, 0.717) is 30.9 Å². The summed E-state index contributed by atoms with van der Waals surface area (Å²) in [6.45, 7) is 6.39. The molecule has 214 valence electrons. The minimum absolute atomic E-state index is 0.239. The van der Waals surface area contributed by atoms with Crippen molar-refractivity contribution in [2.75, 3.05) is 44.8 Å². The number of anilines is 1. The van der Waals surface area contributed by atoms with Gasteiger partial charge in [0.1, 0.15) is 24.2 Å². The maximum atomic E-state index is 10.9. The molecule has 0 bridgehead atoms. The minimum atomic E-state index is -0.577. The van der Waals surface area contributed by atoms with Gasteiger partial charge < -0.3 is 24.0 Å². The van der Waals surface area contributed by atoms with Crippen molar-refractivity contribution < 1.29 is 19.1 Å². The van der Waals surface area contributed by atoms with Crippen molar-refractivity contribution in [1.82, 2.24) is 10.1 Å². The predicted octanol–water partition coefficient (Wildman–Crippen LogP) is 5.99. The van der Waals surface area contributed by atoms with Crippen molar-refractivity contribution in [1.29, 1.82) is 0 Å². The second-order valence-corrected chi connectivity index (χ2v) is 11.2. The first-order valence-electron chi connectivity index (χ1n) is 14.7. The van der Waals surface area contributed by atoms with Crippen LogP contribution in [0.1, 0.15) is 67.5 Å². The third-order valence-electron chi connectivity index (χ3n) is 8.18. The molecule has 1 aliphatic carbocycles. The third kappa shape index (κ3) is 7.33. The number of benzene rings is 2. The molecule has 2 unspecified atom stereocenters. The van der Waals surface area contributed by atoms with Gasteiger partial charge in [0.2, 0.25) is 0 Å². The fourth-order valence-electron chi connectivity index (χ4n) is 6.07. The fourth-order valence-corrected chi connectivity index (χ4v) is 6.07. The van der Waals surface area contributed by atoms with Crippen LogP contribution in [0.25, 0.3) is 12.2 Å². The molecule has 1 aromatic heterocycles. The number of methoxy groups -OCH3 is 1. The zero-order chi connectivity index (χ0) is 27.7. The van der Waals surface area contributed by atoms with Crippen LogP contribution >= 0.6 is 0 Å². The highest BCUT2D eigenvalue weighted by Crippen LogP contribution is 2.38.